The smallest absolute Gasteiger partial charge is 0.137 e. The number of ether oxygens (including phenoxy) is 1. The van der Waals surface area contributed by atoms with Gasteiger partial charge in [-0.1, -0.05) is 6.07 Å². The van der Waals surface area contributed by atoms with Crippen LogP contribution in [0.4, 0.5) is 4.39 Å². The van der Waals surface area contributed by atoms with Gasteiger partial charge in [-0.15, -0.1) is 0 Å². The number of benzene rings is 1. The van der Waals surface area contributed by atoms with Crippen LogP contribution in [0.1, 0.15) is 25.5 Å². The molecule has 0 amide bonds. The molecule has 0 spiro atoms. The van der Waals surface area contributed by atoms with Crippen molar-refractivity contribution in [3.05, 3.63) is 34.1 Å². The summed E-state index contributed by atoms with van der Waals surface area (Å²) in [7, 11) is 1.91. The Morgan fingerprint density at radius 3 is 2.85 bits per heavy atom. The summed E-state index contributed by atoms with van der Waals surface area (Å²) in [5.41, 5.74) is 0.972. The SMILES string of the molecule is CNCC1OCCN(C(C)C)C1c1ccc(Br)c(F)c1. The fourth-order valence-corrected chi connectivity index (χ4v) is 3.05. The van der Waals surface area contributed by atoms with Gasteiger partial charge in [0.15, 0.2) is 0 Å². The Bertz CT molecular complexity index is 453. The van der Waals surface area contributed by atoms with Crippen molar-refractivity contribution in [1.29, 1.82) is 0 Å². The zero-order chi connectivity index (χ0) is 14.7. The fraction of sp³-hybridized carbons (Fsp3) is 0.600. The highest BCUT2D eigenvalue weighted by Gasteiger charge is 2.34. The van der Waals surface area contributed by atoms with Crippen LogP contribution in [-0.4, -0.2) is 43.8 Å². The highest BCUT2D eigenvalue weighted by atomic mass is 79.9. The molecule has 1 saturated heterocycles. The zero-order valence-electron chi connectivity index (χ0n) is 12.2. The van der Waals surface area contributed by atoms with Gasteiger partial charge < -0.3 is 10.1 Å². The third kappa shape index (κ3) is 3.39. The van der Waals surface area contributed by atoms with Gasteiger partial charge in [-0.3, -0.25) is 4.90 Å². The van der Waals surface area contributed by atoms with Crippen LogP contribution < -0.4 is 5.32 Å². The predicted octanol–water partition coefficient (Wildman–Crippen LogP) is 2.96. The average Bonchev–Trinajstić information content (AvgIpc) is 2.42. The van der Waals surface area contributed by atoms with E-state index in [2.05, 4.69) is 40.0 Å². The van der Waals surface area contributed by atoms with Gasteiger partial charge in [-0.25, -0.2) is 4.39 Å². The average molecular weight is 345 g/mol. The third-order valence-corrected chi connectivity index (χ3v) is 4.39. The number of nitrogens with zero attached hydrogens (tertiary/aromatic N) is 1. The van der Waals surface area contributed by atoms with Crippen molar-refractivity contribution in [2.75, 3.05) is 26.7 Å². The second-order valence-corrected chi connectivity index (χ2v) is 6.27. The van der Waals surface area contributed by atoms with Crippen molar-refractivity contribution < 1.29 is 9.13 Å². The molecule has 0 bridgehead atoms. The Morgan fingerprint density at radius 1 is 1.50 bits per heavy atom. The molecule has 2 unspecified atom stereocenters. The van der Waals surface area contributed by atoms with Crippen molar-refractivity contribution in [3.63, 3.8) is 0 Å². The molecule has 0 saturated carbocycles. The lowest BCUT2D eigenvalue weighted by Gasteiger charge is -2.43. The van der Waals surface area contributed by atoms with Crippen LogP contribution in [0.5, 0.6) is 0 Å². The van der Waals surface area contributed by atoms with Gasteiger partial charge in [0.1, 0.15) is 5.82 Å². The van der Waals surface area contributed by atoms with Gasteiger partial charge in [0.2, 0.25) is 0 Å². The van der Waals surface area contributed by atoms with E-state index in [0.29, 0.717) is 10.5 Å². The minimum absolute atomic E-state index is 0.0386. The van der Waals surface area contributed by atoms with Crippen LogP contribution in [0.25, 0.3) is 0 Å². The molecule has 1 aromatic rings. The van der Waals surface area contributed by atoms with Crippen LogP contribution >= 0.6 is 15.9 Å². The van der Waals surface area contributed by atoms with E-state index in [0.717, 1.165) is 25.3 Å². The summed E-state index contributed by atoms with van der Waals surface area (Å²) in [6.45, 7) is 6.69. The number of likely N-dealkylation sites (N-methyl/N-ethyl adjacent to an activating group) is 1. The molecule has 0 radical (unpaired) electrons. The summed E-state index contributed by atoms with van der Waals surface area (Å²) in [6, 6.07) is 5.84. The van der Waals surface area contributed by atoms with E-state index in [4.69, 9.17) is 4.74 Å². The standard InChI is InChI=1S/C15H22BrFN2O/c1-10(2)19-6-7-20-14(9-18-3)15(19)11-4-5-12(16)13(17)8-11/h4-5,8,10,14-15,18H,6-7,9H2,1-3H3. The van der Waals surface area contributed by atoms with E-state index in [1.54, 1.807) is 12.1 Å². The summed E-state index contributed by atoms with van der Waals surface area (Å²) in [5.74, 6) is -0.222. The molecule has 0 aliphatic carbocycles. The molecule has 1 N–H and O–H groups in total. The molecule has 3 nitrogen and oxygen atoms in total. The number of morpholine rings is 1. The minimum atomic E-state index is -0.222. The quantitative estimate of drug-likeness (QED) is 0.908. The number of hydrogen-bond donors (Lipinski definition) is 1. The second kappa shape index (κ2) is 6.98. The predicted molar refractivity (Wildman–Crippen MR) is 82.3 cm³/mol. The molecular weight excluding hydrogens is 323 g/mol. The lowest BCUT2D eigenvalue weighted by molar-refractivity contribution is -0.0816. The second-order valence-electron chi connectivity index (χ2n) is 5.42. The first-order valence-corrected chi connectivity index (χ1v) is 7.80. The molecule has 112 valence electrons. The van der Waals surface area contributed by atoms with E-state index in [-0.39, 0.29) is 18.0 Å². The first-order valence-electron chi connectivity index (χ1n) is 7.01. The largest absolute Gasteiger partial charge is 0.374 e. The van der Waals surface area contributed by atoms with Crippen LogP contribution in [0.3, 0.4) is 0 Å². The summed E-state index contributed by atoms with van der Waals surface area (Å²) < 4.78 is 20.3. The molecule has 1 fully saturated rings. The number of rotatable bonds is 4. The van der Waals surface area contributed by atoms with E-state index < -0.39 is 0 Å². The van der Waals surface area contributed by atoms with Crippen molar-refractivity contribution >= 4 is 15.9 Å². The van der Waals surface area contributed by atoms with Crippen molar-refractivity contribution in [2.24, 2.45) is 0 Å². The molecule has 1 aromatic carbocycles. The van der Waals surface area contributed by atoms with Gasteiger partial charge in [-0.2, -0.15) is 0 Å². The summed E-state index contributed by atoms with van der Waals surface area (Å²) in [4.78, 5) is 2.38. The Balaban J connectivity index is 2.35. The summed E-state index contributed by atoms with van der Waals surface area (Å²) in [6.07, 6.45) is 0.0386. The van der Waals surface area contributed by atoms with Crippen LogP contribution in [0.15, 0.2) is 22.7 Å². The van der Waals surface area contributed by atoms with Crippen molar-refractivity contribution in [2.45, 2.75) is 32.0 Å². The Kier molecular flexibility index (Phi) is 5.55. The fourth-order valence-electron chi connectivity index (χ4n) is 2.81. The molecule has 20 heavy (non-hydrogen) atoms. The maximum absolute atomic E-state index is 13.9. The van der Waals surface area contributed by atoms with Crippen LogP contribution in [0, 0.1) is 5.82 Å². The molecule has 1 aliphatic rings. The molecular formula is C15H22BrFN2O. The Morgan fingerprint density at radius 2 is 2.25 bits per heavy atom. The minimum Gasteiger partial charge on any atom is -0.374 e. The van der Waals surface area contributed by atoms with Gasteiger partial charge >= 0.3 is 0 Å². The van der Waals surface area contributed by atoms with Crippen molar-refractivity contribution in [1.82, 2.24) is 10.2 Å². The molecule has 2 rings (SSSR count). The normalized spacial score (nSPS) is 24.3. The van der Waals surface area contributed by atoms with E-state index in [9.17, 15) is 4.39 Å². The maximum atomic E-state index is 13.9. The number of halogens is 2. The van der Waals surface area contributed by atoms with Crippen LogP contribution in [-0.2, 0) is 4.74 Å². The van der Waals surface area contributed by atoms with E-state index in [1.807, 2.05) is 13.1 Å². The molecule has 1 heterocycles. The van der Waals surface area contributed by atoms with Gasteiger partial charge in [0.05, 0.1) is 23.2 Å². The molecule has 5 heteroatoms. The van der Waals surface area contributed by atoms with E-state index >= 15 is 0 Å². The lowest BCUT2D eigenvalue weighted by Crippen LogP contribution is -2.51. The molecule has 1 aliphatic heterocycles. The van der Waals surface area contributed by atoms with Gasteiger partial charge in [0, 0.05) is 19.1 Å². The zero-order valence-corrected chi connectivity index (χ0v) is 13.8. The summed E-state index contributed by atoms with van der Waals surface area (Å²) in [5, 5.41) is 3.17. The molecule has 2 atom stereocenters. The van der Waals surface area contributed by atoms with Crippen molar-refractivity contribution in [3.8, 4) is 0 Å². The number of nitrogens with one attached hydrogen (secondary N) is 1. The monoisotopic (exact) mass is 344 g/mol. The van der Waals surface area contributed by atoms with Gasteiger partial charge in [-0.05, 0) is 54.5 Å². The molecule has 0 aromatic heterocycles. The third-order valence-electron chi connectivity index (χ3n) is 3.74. The van der Waals surface area contributed by atoms with E-state index in [1.165, 1.54) is 0 Å². The Hall–Kier alpha value is -0.490. The lowest BCUT2D eigenvalue weighted by atomic mass is 9.96. The first kappa shape index (κ1) is 15.9. The highest BCUT2D eigenvalue weighted by Crippen LogP contribution is 2.32. The highest BCUT2D eigenvalue weighted by molar-refractivity contribution is 9.10. The first-order chi connectivity index (χ1) is 9.54. The topological polar surface area (TPSA) is 24.5 Å². The van der Waals surface area contributed by atoms with Gasteiger partial charge in [0.25, 0.3) is 0 Å². The number of hydrogen-bond acceptors (Lipinski definition) is 3. The maximum Gasteiger partial charge on any atom is 0.137 e. The Labute approximate surface area is 128 Å². The van der Waals surface area contributed by atoms with Crippen LogP contribution in [0.2, 0.25) is 0 Å². The summed E-state index contributed by atoms with van der Waals surface area (Å²) >= 11 is 3.21.